The van der Waals surface area contributed by atoms with Gasteiger partial charge in [-0.1, -0.05) is 23.7 Å². The molecule has 122 valence electrons. The number of amides is 1. The fourth-order valence-electron chi connectivity index (χ4n) is 2.67. The van der Waals surface area contributed by atoms with Gasteiger partial charge in [0.15, 0.2) is 0 Å². The lowest BCUT2D eigenvalue weighted by Crippen LogP contribution is -2.35. The first-order chi connectivity index (χ1) is 10.2. The quantitative estimate of drug-likeness (QED) is 0.906. The number of rotatable bonds is 2. The van der Waals surface area contributed by atoms with Crippen LogP contribution in [0.3, 0.4) is 0 Å². The number of carbonyl (C=O) groups is 1. The molecule has 1 fully saturated rings. The van der Waals surface area contributed by atoms with Gasteiger partial charge >= 0.3 is 6.09 Å². The van der Waals surface area contributed by atoms with Crippen molar-refractivity contribution in [2.75, 3.05) is 13.1 Å². The molecule has 0 spiro atoms. The predicted octanol–water partition coefficient (Wildman–Crippen LogP) is 3.42. The molecule has 0 aromatic heterocycles. The van der Waals surface area contributed by atoms with Gasteiger partial charge < -0.3 is 14.7 Å². The van der Waals surface area contributed by atoms with Gasteiger partial charge in [0.25, 0.3) is 0 Å². The highest BCUT2D eigenvalue weighted by Gasteiger charge is 2.36. The summed E-state index contributed by atoms with van der Waals surface area (Å²) in [7, 11) is 0. The maximum Gasteiger partial charge on any atom is 0.410 e. The smallest absolute Gasteiger partial charge is 0.410 e. The molecule has 1 aliphatic heterocycles. The molecule has 1 aliphatic rings. The largest absolute Gasteiger partial charge is 0.444 e. The molecule has 1 saturated heterocycles. The molecule has 2 unspecified atom stereocenters. The van der Waals surface area contributed by atoms with Crippen LogP contribution in [-0.4, -0.2) is 40.9 Å². The molecule has 1 heterocycles. The molecule has 0 radical (unpaired) electrons. The Morgan fingerprint density at radius 2 is 2.09 bits per heavy atom. The van der Waals surface area contributed by atoms with Gasteiger partial charge in [0, 0.05) is 17.5 Å². The molecule has 2 atom stereocenters. The fourth-order valence-corrected chi connectivity index (χ4v) is 2.78. The van der Waals surface area contributed by atoms with E-state index < -0.39 is 11.7 Å². The van der Waals surface area contributed by atoms with E-state index in [0.717, 1.165) is 22.6 Å². The van der Waals surface area contributed by atoms with Crippen molar-refractivity contribution in [3.05, 3.63) is 34.3 Å². The van der Waals surface area contributed by atoms with Crippen molar-refractivity contribution < 1.29 is 14.6 Å². The van der Waals surface area contributed by atoms with Crippen molar-refractivity contribution in [2.24, 2.45) is 5.92 Å². The second-order valence-electron chi connectivity index (χ2n) is 7.00. The number of benzene rings is 1. The van der Waals surface area contributed by atoms with Crippen LogP contribution in [0, 0.1) is 12.8 Å². The van der Waals surface area contributed by atoms with Crippen molar-refractivity contribution in [1.82, 2.24) is 4.90 Å². The molecule has 1 amide bonds. The molecule has 4 nitrogen and oxygen atoms in total. The van der Waals surface area contributed by atoms with Gasteiger partial charge in [-0.3, -0.25) is 0 Å². The van der Waals surface area contributed by atoms with E-state index in [2.05, 4.69) is 0 Å². The van der Waals surface area contributed by atoms with E-state index >= 15 is 0 Å². The highest BCUT2D eigenvalue weighted by Crippen LogP contribution is 2.25. The Morgan fingerprint density at radius 1 is 1.41 bits per heavy atom. The second kappa shape index (κ2) is 6.47. The van der Waals surface area contributed by atoms with Gasteiger partial charge in [0.05, 0.1) is 12.6 Å². The number of likely N-dealkylation sites (tertiary alicyclic amines) is 1. The Hall–Kier alpha value is -1.26. The van der Waals surface area contributed by atoms with Crippen molar-refractivity contribution >= 4 is 17.7 Å². The number of hydrogen-bond donors (Lipinski definition) is 1. The standard InChI is InChI=1S/C17H24ClNO3/c1-11-7-12(5-6-14(11)18)8-13-9-19(10-15(13)20)16(21)22-17(2,3)4/h5-7,13,15,20H,8-10H2,1-4H3. The molecule has 0 bridgehead atoms. The van der Waals surface area contributed by atoms with Crippen molar-refractivity contribution in [2.45, 2.75) is 45.8 Å². The van der Waals surface area contributed by atoms with Crippen LogP contribution in [-0.2, 0) is 11.2 Å². The van der Waals surface area contributed by atoms with E-state index in [1.807, 2.05) is 45.9 Å². The molecule has 1 N–H and O–H groups in total. The Balaban J connectivity index is 1.99. The molecule has 2 rings (SSSR count). The van der Waals surface area contributed by atoms with Crippen LogP contribution in [0.4, 0.5) is 4.79 Å². The van der Waals surface area contributed by atoms with E-state index in [0.29, 0.717) is 13.1 Å². The molecule has 1 aromatic carbocycles. The number of aliphatic hydroxyl groups is 1. The lowest BCUT2D eigenvalue weighted by Gasteiger charge is -2.24. The van der Waals surface area contributed by atoms with Crippen molar-refractivity contribution in [3.8, 4) is 0 Å². The minimum absolute atomic E-state index is 0.0214. The van der Waals surface area contributed by atoms with Gasteiger partial charge in [-0.2, -0.15) is 0 Å². The molecular formula is C17H24ClNO3. The molecule has 1 aromatic rings. The number of ether oxygens (including phenoxy) is 1. The van der Waals surface area contributed by atoms with Crippen LogP contribution in [0.1, 0.15) is 31.9 Å². The maximum absolute atomic E-state index is 12.1. The average Bonchev–Trinajstić information content (AvgIpc) is 2.74. The number of β-amino-alcohol motifs (C(OH)–C–C–N with tert-alkyl or cyclic N) is 1. The van der Waals surface area contributed by atoms with Gasteiger partial charge in [-0.25, -0.2) is 4.79 Å². The summed E-state index contributed by atoms with van der Waals surface area (Å²) in [6, 6.07) is 5.88. The summed E-state index contributed by atoms with van der Waals surface area (Å²) in [5, 5.41) is 11.0. The third-order valence-electron chi connectivity index (χ3n) is 3.78. The van der Waals surface area contributed by atoms with Crippen LogP contribution < -0.4 is 0 Å². The highest BCUT2D eigenvalue weighted by atomic mass is 35.5. The van der Waals surface area contributed by atoms with E-state index in [1.54, 1.807) is 4.90 Å². The Labute approximate surface area is 137 Å². The van der Waals surface area contributed by atoms with E-state index in [1.165, 1.54) is 0 Å². The van der Waals surface area contributed by atoms with Crippen LogP contribution in [0.15, 0.2) is 18.2 Å². The van der Waals surface area contributed by atoms with Crippen molar-refractivity contribution in [3.63, 3.8) is 0 Å². The van der Waals surface area contributed by atoms with Gasteiger partial charge in [0.1, 0.15) is 5.60 Å². The minimum Gasteiger partial charge on any atom is -0.444 e. The molecule has 0 aliphatic carbocycles. The summed E-state index contributed by atoms with van der Waals surface area (Å²) in [5.41, 5.74) is 1.63. The summed E-state index contributed by atoms with van der Waals surface area (Å²) in [5.74, 6) is 0.0214. The van der Waals surface area contributed by atoms with Crippen LogP contribution in [0.25, 0.3) is 0 Å². The Kier molecular flexibility index (Phi) is 5.03. The Bertz CT molecular complexity index is 553. The second-order valence-corrected chi connectivity index (χ2v) is 7.41. The number of aryl methyl sites for hydroxylation is 1. The van der Waals surface area contributed by atoms with E-state index in [9.17, 15) is 9.90 Å². The lowest BCUT2D eigenvalue weighted by atomic mass is 9.96. The third-order valence-corrected chi connectivity index (χ3v) is 4.20. The van der Waals surface area contributed by atoms with E-state index in [-0.39, 0.29) is 12.0 Å². The summed E-state index contributed by atoms with van der Waals surface area (Å²) in [6.45, 7) is 8.32. The zero-order chi connectivity index (χ0) is 16.5. The third kappa shape index (κ3) is 4.37. The molecule has 0 saturated carbocycles. The van der Waals surface area contributed by atoms with Crippen LogP contribution >= 0.6 is 11.6 Å². The molecular weight excluding hydrogens is 302 g/mol. The number of hydrogen-bond acceptors (Lipinski definition) is 3. The van der Waals surface area contributed by atoms with Crippen LogP contribution in [0.5, 0.6) is 0 Å². The number of carbonyl (C=O) groups excluding carboxylic acids is 1. The number of nitrogens with zero attached hydrogens (tertiary/aromatic N) is 1. The monoisotopic (exact) mass is 325 g/mol. The molecule has 5 heteroatoms. The number of halogens is 1. The SMILES string of the molecule is Cc1cc(CC2CN(C(=O)OC(C)(C)C)CC2O)ccc1Cl. The summed E-state index contributed by atoms with van der Waals surface area (Å²) in [6.07, 6.45) is -0.164. The van der Waals surface area contributed by atoms with Crippen molar-refractivity contribution in [1.29, 1.82) is 0 Å². The number of aliphatic hydroxyl groups excluding tert-OH is 1. The first kappa shape index (κ1) is 17.1. The first-order valence-electron chi connectivity index (χ1n) is 7.57. The maximum atomic E-state index is 12.1. The van der Waals surface area contributed by atoms with Gasteiger partial charge in [-0.05, 0) is 51.3 Å². The van der Waals surface area contributed by atoms with E-state index in [4.69, 9.17) is 16.3 Å². The minimum atomic E-state index is -0.525. The summed E-state index contributed by atoms with van der Waals surface area (Å²) < 4.78 is 5.36. The zero-order valence-corrected chi connectivity index (χ0v) is 14.4. The molecule has 22 heavy (non-hydrogen) atoms. The lowest BCUT2D eigenvalue weighted by molar-refractivity contribution is 0.0269. The summed E-state index contributed by atoms with van der Waals surface area (Å²) >= 11 is 6.03. The van der Waals surface area contributed by atoms with Crippen LogP contribution in [0.2, 0.25) is 5.02 Å². The average molecular weight is 326 g/mol. The predicted molar refractivity (Wildman–Crippen MR) is 87.2 cm³/mol. The Morgan fingerprint density at radius 3 is 2.68 bits per heavy atom. The zero-order valence-electron chi connectivity index (χ0n) is 13.6. The fraction of sp³-hybridized carbons (Fsp3) is 0.588. The van der Waals surface area contributed by atoms with Gasteiger partial charge in [0.2, 0.25) is 0 Å². The highest BCUT2D eigenvalue weighted by molar-refractivity contribution is 6.31. The normalized spacial score (nSPS) is 22.0. The topological polar surface area (TPSA) is 49.8 Å². The van der Waals surface area contributed by atoms with Gasteiger partial charge in [-0.15, -0.1) is 0 Å². The summed E-state index contributed by atoms with van der Waals surface area (Å²) in [4.78, 5) is 13.7. The first-order valence-corrected chi connectivity index (χ1v) is 7.94.